The van der Waals surface area contributed by atoms with Crippen LogP contribution in [0.4, 0.5) is 0 Å². The summed E-state index contributed by atoms with van der Waals surface area (Å²) in [6, 6.07) is 11.0. The van der Waals surface area contributed by atoms with Crippen molar-refractivity contribution in [2.24, 2.45) is 0 Å². The number of rotatable bonds is 5. The third-order valence-corrected chi connectivity index (χ3v) is 4.03. The van der Waals surface area contributed by atoms with Crippen molar-refractivity contribution in [3.63, 3.8) is 0 Å². The molecule has 2 rings (SSSR count). The maximum absolute atomic E-state index is 12.1. The van der Waals surface area contributed by atoms with Crippen LogP contribution < -0.4 is 10.1 Å². The molecule has 7 heteroatoms. The summed E-state index contributed by atoms with van der Waals surface area (Å²) in [5.41, 5.74) is 1.22. The molecule has 0 radical (unpaired) electrons. The van der Waals surface area contributed by atoms with Crippen LogP contribution in [0.3, 0.4) is 0 Å². The molecule has 0 saturated heterocycles. The predicted octanol–water partition coefficient (Wildman–Crippen LogP) is 2.81. The SMILES string of the molecule is COc1ccc(C(=O)OCC(=O)NC(=O)c2ccc(C(C)(C)C)cc2)c(O)c1. The number of benzene rings is 2. The number of nitrogens with one attached hydrogen (secondary N) is 1. The number of aromatic hydroxyl groups is 1. The number of imide groups is 1. The van der Waals surface area contributed by atoms with Gasteiger partial charge in [0.05, 0.1) is 7.11 Å². The molecule has 2 aromatic carbocycles. The van der Waals surface area contributed by atoms with E-state index in [1.165, 1.54) is 25.3 Å². The molecule has 2 aromatic rings. The highest BCUT2D eigenvalue weighted by Crippen LogP contribution is 2.24. The Morgan fingerprint density at radius 3 is 2.21 bits per heavy atom. The second-order valence-corrected chi connectivity index (χ2v) is 7.16. The first-order chi connectivity index (χ1) is 13.1. The van der Waals surface area contributed by atoms with Crippen LogP contribution >= 0.6 is 0 Å². The maximum Gasteiger partial charge on any atom is 0.342 e. The molecule has 2 amide bonds. The molecular formula is C21H23NO6. The third-order valence-electron chi connectivity index (χ3n) is 4.03. The van der Waals surface area contributed by atoms with E-state index in [4.69, 9.17) is 9.47 Å². The Balaban J connectivity index is 1.91. The largest absolute Gasteiger partial charge is 0.507 e. The van der Waals surface area contributed by atoms with Crippen LogP contribution in [0.15, 0.2) is 42.5 Å². The molecular weight excluding hydrogens is 362 g/mol. The molecule has 148 valence electrons. The van der Waals surface area contributed by atoms with Crippen LogP contribution in [0.25, 0.3) is 0 Å². The first kappa shape index (κ1) is 21.0. The van der Waals surface area contributed by atoms with E-state index >= 15 is 0 Å². The smallest absolute Gasteiger partial charge is 0.342 e. The first-order valence-corrected chi connectivity index (χ1v) is 8.60. The average molecular weight is 385 g/mol. The van der Waals surface area contributed by atoms with Gasteiger partial charge in [0.1, 0.15) is 17.1 Å². The number of carbonyl (C=O) groups is 3. The van der Waals surface area contributed by atoms with Gasteiger partial charge in [0.15, 0.2) is 6.61 Å². The lowest BCUT2D eigenvalue weighted by atomic mass is 9.87. The van der Waals surface area contributed by atoms with Gasteiger partial charge in [-0.25, -0.2) is 4.79 Å². The van der Waals surface area contributed by atoms with E-state index < -0.39 is 24.4 Å². The number of carbonyl (C=O) groups excluding carboxylic acids is 3. The normalized spacial score (nSPS) is 10.9. The molecule has 0 aliphatic heterocycles. The molecule has 28 heavy (non-hydrogen) atoms. The fraction of sp³-hybridized carbons (Fsp3) is 0.286. The number of esters is 1. The van der Waals surface area contributed by atoms with Crippen molar-refractivity contribution in [3.8, 4) is 11.5 Å². The molecule has 0 aliphatic carbocycles. The number of phenols is 1. The van der Waals surface area contributed by atoms with Crippen LogP contribution in [0.2, 0.25) is 0 Å². The fourth-order valence-electron chi connectivity index (χ4n) is 2.38. The number of methoxy groups -OCH3 is 1. The van der Waals surface area contributed by atoms with E-state index in [1.54, 1.807) is 12.1 Å². The highest BCUT2D eigenvalue weighted by Gasteiger charge is 2.18. The second-order valence-electron chi connectivity index (χ2n) is 7.16. The first-order valence-electron chi connectivity index (χ1n) is 8.60. The van der Waals surface area contributed by atoms with Crippen LogP contribution in [-0.2, 0) is 14.9 Å². The molecule has 2 N–H and O–H groups in total. The van der Waals surface area contributed by atoms with Gasteiger partial charge < -0.3 is 14.6 Å². The molecule has 7 nitrogen and oxygen atoms in total. The zero-order chi connectivity index (χ0) is 20.9. The Morgan fingerprint density at radius 2 is 1.68 bits per heavy atom. The summed E-state index contributed by atoms with van der Waals surface area (Å²) in [6.45, 7) is 5.51. The van der Waals surface area contributed by atoms with Gasteiger partial charge in [-0.3, -0.25) is 14.9 Å². The Bertz CT molecular complexity index is 881. The van der Waals surface area contributed by atoms with Crippen LogP contribution in [0, 0.1) is 0 Å². The van der Waals surface area contributed by atoms with Crippen molar-refractivity contribution in [3.05, 3.63) is 59.2 Å². The van der Waals surface area contributed by atoms with Gasteiger partial charge in [0, 0.05) is 11.6 Å². The summed E-state index contributed by atoms with van der Waals surface area (Å²) in [5, 5.41) is 12.0. The van der Waals surface area contributed by atoms with Crippen molar-refractivity contribution in [2.45, 2.75) is 26.2 Å². The highest BCUT2D eigenvalue weighted by atomic mass is 16.5. The number of amides is 2. The molecule has 0 spiro atoms. The number of ether oxygens (including phenoxy) is 2. The molecule has 0 atom stereocenters. The van der Waals surface area contributed by atoms with Gasteiger partial charge in [-0.15, -0.1) is 0 Å². The van der Waals surface area contributed by atoms with Crippen LogP contribution in [0.1, 0.15) is 47.1 Å². The van der Waals surface area contributed by atoms with E-state index in [-0.39, 0.29) is 16.7 Å². The molecule has 0 bridgehead atoms. The van der Waals surface area contributed by atoms with Crippen LogP contribution in [0.5, 0.6) is 11.5 Å². The molecule has 0 aliphatic rings. The van der Waals surface area contributed by atoms with Gasteiger partial charge in [0.2, 0.25) is 0 Å². The van der Waals surface area contributed by atoms with Gasteiger partial charge in [0.25, 0.3) is 11.8 Å². The predicted molar refractivity (Wildman–Crippen MR) is 103 cm³/mol. The summed E-state index contributed by atoms with van der Waals surface area (Å²) < 4.78 is 9.77. The maximum atomic E-state index is 12.1. The van der Waals surface area contributed by atoms with Gasteiger partial charge in [-0.1, -0.05) is 32.9 Å². The average Bonchev–Trinajstić information content (AvgIpc) is 2.65. The molecule has 0 saturated carbocycles. The van der Waals surface area contributed by atoms with E-state index in [0.717, 1.165) is 5.56 Å². The quantitative estimate of drug-likeness (QED) is 0.768. The molecule has 0 unspecified atom stereocenters. The van der Waals surface area contributed by atoms with Gasteiger partial charge in [-0.05, 0) is 35.2 Å². The monoisotopic (exact) mass is 385 g/mol. The minimum atomic E-state index is -0.891. The van der Waals surface area contributed by atoms with E-state index in [2.05, 4.69) is 26.1 Å². The minimum absolute atomic E-state index is 0.0496. The van der Waals surface area contributed by atoms with Crippen molar-refractivity contribution in [2.75, 3.05) is 13.7 Å². The zero-order valence-corrected chi connectivity index (χ0v) is 16.2. The number of phenolic OH excluding ortho intramolecular Hbond substituents is 1. The number of hydrogen-bond donors (Lipinski definition) is 2. The van der Waals surface area contributed by atoms with E-state index in [1.807, 2.05) is 12.1 Å². The minimum Gasteiger partial charge on any atom is -0.507 e. The number of hydrogen-bond acceptors (Lipinski definition) is 6. The van der Waals surface area contributed by atoms with Crippen molar-refractivity contribution >= 4 is 17.8 Å². The lowest BCUT2D eigenvalue weighted by Gasteiger charge is -2.19. The molecule has 0 fully saturated rings. The summed E-state index contributed by atoms with van der Waals surface area (Å²) in [6.07, 6.45) is 0. The Labute approximate surface area is 163 Å². The Kier molecular flexibility index (Phi) is 6.41. The summed E-state index contributed by atoms with van der Waals surface area (Å²) in [7, 11) is 1.42. The van der Waals surface area contributed by atoms with Gasteiger partial charge in [-0.2, -0.15) is 0 Å². The Morgan fingerprint density at radius 1 is 1.04 bits per heavy atom. The standard InChI is InChI=1S/C21H23NO6/c1-21(2,3)14-7-5-13(6-8-14)19(25)22-18(24)12-28-20(26)16-10-9-15(27-4)11-17(16)23/h5-11,23H,12H2,1-4H3,(H,22,24,25). The summed E-state index contributed by atoms with van der Waals surface area (Å²) >= 11 is 0. The highest BCUT2D eigenvalue weighted by molar-refractivity contribution is 6.05. The lowest BCUT2D eigenvalue weighted by molar-refractivity contribution is -0.123. The topological polar surface area (TPSA) is 102 Å². The molecule has 0 heterocycles. The Hall–Kier alpha value is -3.35. The fourth-order valence-corrected chi connectivity index (χ4v) is 2.38. The van der Waals surface area contributed by atoms with Gasteiger partial charge >= 0.3 is 5.97 Å². The van der Waals surface area contributed by atoms with Crippen molar-refractivity contribution in [1.29, 1.82) is 0 Å². The molecule has 0 aromatic heterocycles. The zero-order valence-electron chi connectivity index (χ0n) is 16.2. The third kappa shape index (κ3) is 5.33. The van der Waals surface area contributed by atoms with E-state index in [9.17, 15) is 19.5 Å². The second kappa shape index (κ2) is 8.56. The lowest BCUT2D eigenvalue weighted by Crippen LogP contribution is -2.34. The van der Waals surface area contributed by atoms with Crippen LogP contribution in [-0.4, -0.2) is 36.6 Å². The summed E-state index contributed by atoms with van der Waals surface area (Å²) in [4.78, 5) is 36.0. The summed E-state index contributed by atoms with van der Waals surface area (Å²) in [5.74, 6) is -2.22. The van der Waals surface area contributed by atoms with E-state index in [0.29, 0.717) is 11.3 Å². The van der Waals surface area contributed by atoms with Crippen molar-refractivity contribution in [1.82, 2.24) is 5.32 Å². The van der Waals surface area contributed by atoms with Crippen molar-refractivity contribution < 1.29 is 29.0 Å².